The van der Waals surface area contributed by atoms with Crippen LogP contribution in [0, 0.1) is 0 Å². The van der Waals surface area contributed by atoms with E-state index in [-0.39, 0.29) is 5.56 Å². The lowest BCUT2D eigenvalue weighted by atomic mass is 9.89. The van der Waals surface area contributed by atoms with Crippen molar-refractivity contribution in [1.82, 2.24) is 10.2 Å². The highest BCUT2D eigenvalue weighted by atomic mass is 16.1. The number of benzene rings is 1. The Labute approximate surface area is 119 Å². The van der Waals surface area contributed by atoms with E-state index < -0.39 is 0 Å². The average Bonchev–Trinajstić information content (AvgIpc) is 2.47. The van der Waals surface area contributed by atoms with Gasteiger partial charge in [-0.15, -0.1) is 0 Å². The number of H-pyrrole nitrogens is 1. The van der Waals surface area contributed by atoms with E-state index in [2.05, 4.69) is 42.2 Å². The van der Waals surface area contributed by atoms with E-state index in [1.165, 1.54) is 30.4 Å². The zero-order valence-corrected chi connectivity index (χ0v) is 12.1. The van der Waals surface area contributed by atoms with E-state index >= 15 is 0 Å². The number of fused-ring (bicyclic) bond motifs is 1. The van der Waals surface area contributed by atoms with Crippen molar-refractivity contribution in [3.05, 3.63) is 51.4 Å². The highest BCUT2D eigenvalue weighted by Crippen LogP contribution is 2.26. The maximum atomic E-state index is 12.0. The molecular formula is C17H20N2O. The second-order valence-corrected chi connectivity index (χ2v) is 5.88. The van der Waals surface area contributed by atoms with Gasteiger partial charge in [0.1, 0.15) is 0 Å². The summed E-state index contributed by atoms with van der Waals surface area (Å²) in [5.74, 6) is 0.309. The Morgan fingerprint density at radius 2 is 1.85 bits per heavy atom. The van der Waals surface area contributed by atoms with Crippen LogP contribution in [0.1, 0.15) is 49.4 Å². The summed E-state index contributed by atoms with van der Waals surface area (Å²) in [5.41, 5.74) is 5.40. The van der Waals surface area contributed by atoms with Crippen molar-refractivity contribution in [2.45, 2.75) is 45.4 Å². The lowest BCUT2D eigenvalue weighted by Gasteiger charge is -2.16. The second kappa shape index (κ2) is 5.23. The molecule has 0 radical (unpaired) electrons. The van der Waals surface area contributed by atoms with Crippen molar-refractivity contribution in [3.63, 3.8) is 0 Å². The minimum Gasteiger partial charge on any atom is -0.267 e. The molecule has 0 saturated heterocycles. The number of rotatable bonds is 2. The minimum absolute atomic E-state index is 0.106. The zero-order valence-electron chi connectivity index (χ0n) is 12.1. The summed E-state index contributed by atoms with van der Waals surface area (Å²) in [5, 5.41) is 6.74. The number of nitrogens with one attached hydrogen (secondary N) is 1. The van der Waals surface area contributed by atoms with Gasteiger partial charge in [0.15, 0.2) is 0 Å². The molecule has 0 spiro atoms. The molecule has 2 aromatic rings. The van der Waals surface area contributed by atoms with Gasteiger partial charge in [-0.05, 0) is 54.4 Å². The van der Waals surface area contributed by atoms with Gasteiger partial charge in [-0.25, -0.2) is 5.10 Å². The van der Waals surface area contributed by atoms with Crippen LogP contribution in [-0.2, 0) is 12.8 Å². The Hall–Kier alpha value is -1.90. The van der Waals surface area contributed by atoms with Crippen LogP contribution in [0.5, 0.6) is 0 Å². The molecule has 1 aromatic carbocycles. The fourth-order valence-electron chi connectivity index (χ4n) is 2.83. The predicted molar refractivity (Wildman–Crippen MR) is 81.0 cm³/mol. The lowest BCUT2D eigenvalue weighted by Crippen LogP contribution is -2.13. The van der Waals surface area contributed by atoms with Crippen molar-refractivity contribution in [3.8, 4) is 11.1 Å². The Morgan fingerprint density at radius 1 is 1.10 bits per heavy atom. The van der Waals surface area contributed by atoms with E-state index in [1.807, 2.05) is 6.07 Å². The lowest BCUT2D eigenvalue weighted by molar-refractivity contribution is 0.686. The standard InChI is InChI=1S/C17H20N2O/c1-11(2)16-10-15(17(20)19-18-16)14-8-7-12-5-3-4-6-13(12)9-14/h7-11H,3-6H2,1-2H3,(H,19,20). The third-order valence-corrected chi connectivity index (χ3v) is 4.07. The molecule has 3 rings (SSSR count). The van der Waals surface area contributed by atoms with Gasteiger partial charge in [0, 0.05) is 0 Å². The maximum absolute atomic E-state index is 12.0. The van der Waals surface area contributed by atoms with Gasteiger partial charge in [-0.3, -0.25) is 4.79 Å². The molecule has 0 atom stereocenters. The fourth-order valence-corrected chi connectivity index (χ4v) is 2.83. The van der Waals surface area contributed by atoms with Crippen LogP contribution in [0.3, 0.4) is 0 Å². The summed E-state index contributed by atoms with van der Waals surface area (Å²) in [7, 11) is 0. The Morgan fingerprint density at radius 3 is 2.60 bits per heavy atom. The van der Waals surface area contributed by atoms with E-state index in [4.69, 9.17) is 0 Å². The summed E-state index contributed by atoms with van der Waals surface area (Å²) < 4.78 is 0. The Balaban J connectivity index is 2.08. The normalized spacial score (nSPS) is 14.3. The Kier molecular flexibility index (Phi) is 3.43. The van der Waals surface area contributed by atoms with Gasteiger partial charge in [0.05, 0.1) is 11.3 Å². The quantitative estimate of drug-likeness (QED) is 0.906. The van der Waals surface area contributed by atoms with E-state index in [9.17, 15) is 4.79 Å². The molecule has 0 saturated carbocycles. The Bertz CT molecular complexity index is 686. The third kappa shape index (κ3) is 2.40. The van der Waals surface area contributed by atoms with Gasteiger partial charge in [0.2, 0.25) is 0 Å². The topological polar surface area (TPSA) is 45.8 Å². The molecule has 3 nitrogen and oxygen atoms in total. The van der Waals surface area contributed by atoms with Crippen molar-refractivity contribution in [2.75, 3.05) is 0 Å². The van der Waals surface area contributed by atoms with E-state index in [0.717, 1.165) is 23.2 Å². The fraction of sp³-hybridized carbons (Fsp3) is 0.412. The SMILES string of the molecule is CC(C)c1cc(-c2ccc3c(c2)CCCC3)c(=O)[nH]n1. The van der Waals surface area contributed by atoms with Gasteiger partial charge < -0.3 is 0 Å². The highest BCUT2D eigenvalue weighted by Gasteiger charge is 2.13. The molecule has 1 heterocycles. The van der Waals surface area contributed by atoms with Crippen LogP contribution in [0.2, 0.25) is 0 Å². The number of hydrogen-bond acceptors (Lipinski definition) is 2. The first-order chi connectivity index (χ1) is 9.65. The van der Waals surface area contributed by atoms with Crippen LogP contribution in [-0.4, -0.2) is 10.2 Å². The number of hydrogen-bond donors (Lipinski definition) is 1. The summed E-state index contributed by atoms with van der Waals surface area (Å²) in [6.07, 6.45) is 4.82. The van der Waals surface area contributed by atoms with Gasteiger partial charge >= 0.3 is 0 Å². The first-order valence-corrected chi connectivity index (χ1v) is 7.37. The molecule has 0 unspecified atom stereocenters. The van der Waals surface area contributed by atoms with E-state index in [0.29, 0.717) is 5.92 Å². The monoisotopic (exact) mass is 268 g/mol. The molecular weight excluding hydrogens is 248 g/mol. The molecule has 104 valence electrons. The predicted octanol–water partition coefficient (Wildman–Crippen LogP) is 3.44. The van der Waals surface area contributed by atoms with Gasteiger partial charge in [-0.2, -0.15) is 5.10 Å². The van der Waals surface area contributed by atoms with Crippen LogP contribution in [0.4, 0.5) is 0 Å². The number of nitrogens with zero attached hydrogens (tertiary/aromatic N) is 1. The molecule has 0 amide bonds. The van der Waals surface area contributed by atoms with Crippen molar-refractivity contribution in [1.29, 1.82) is 0 Å². The van der Waals surface area contributed by atoms with Crippen molar-refractivity contribution >= 4 is 0 Å². The molecule has 3 heteroatoms. The summed E-state index contributed by atoms with van der Waals surface area (Å²) >= 11 is 0. The first-order valence-electron chi connectivity index (χ1n) is 7.37. The van der Waals surface area contributed by atoms with Crippen LogP contribution in [0.15, 0.2) is 29.1 Å². The van der Waals surface area contributed by atoms with Crippen LogP contribution in [0.25, 0.3) is 11.1 Å². The zero-order chi connectivity index (χ0) is 14.1. The largest absolute Gasteiger partial charge is 0.272 e. The van der Waals surface area contributed by atoms with Crippen molar-refractivity contribution < 1.29 is 0 Å². The molecule has 1 aliphatic carbocycles. The van der Waals surface area contributed by atoms with Crippen molar-refractivity contribution in [2.24, 2.45) is 0 Å². The second-order valence-electron chi connectivity index (χ2n) is 5.88. The number of aromatic nitrogens is 2. The van der Waals surface area contributed by atoms with Crippen LogP contribution < -0.4 is 5.56 Å². The molecule has 0 fully saturated rings. The molecule has 1 aromatic heterocycles. The van der Waals surface area contributed by atoms with E-state index in [1.54, 1.807) is 0 Å². The molecule has 20 heavy (non-hydrogen) atoms. The molecule has 1 N–H and O–H groups in total. The maximum Gasteiger partial charge on any atom is 0.272 e. The van der Waals surface area contributed by atoms with Crippen LogP contribution >= 0.6 is 0 Å². The summed E-state index contributed by atoms with van der Waals surface area (Å²) in [4.78, 5) is 12.0. The number of aryl methyl sites for hydroxylation is 2. The third-order valence-electron chi connectivity index (χ3n) is 4.07. The minimum atomic E-state index is -0.106. The summed E-state index contributed by atoms with van der Waals surface area (Å²) in [6, 6.07) is 8.36. The number of aromatic amines is 1. The molecule has 1 aliphatic rings. The van der Waals surface area contributed by atoms with Gasteiger partial charge in [0.25, 0.3) is 5.56 Å². The summed E-state index contributed by atoms with van der Waals surface area (Å²) in [6.45, 7) is 4.16. The molecule has 0 aliphatic heterocycles. The molecule has 0 bridgehead atoms. The average molecular weight is 268 g/mol. The highest BCUT2D eigenvalue weighted by molar-refractivity contribution is 5.64. The smallest absolute Gasteiger partial charge is 0.267 e. The first kappa shape index (κ1) is 13.1. The van der Waals surface area contributed by atoms with Gasteiger partial charge in [-0.1, -0.05) is 32.0 Å².